The summed E-state index contributed by atoms with van der Waals surface area (Å²) in [6, 6.07) is 7.89. The number of thiazole rings is 1. The minimum Gasteiger partial charge on any atom is -0.269 e. The molecule has 25 heavy (non-hydrogen) atoms. The van der Waals surface area contributed by atoms with Gasteiger partial charge in [-0.15, -0.1) is 16.4 Å². The van der Waals surface area contributed by atoms with Crippen molar-refractivity contribution in [2.75, 3.05) is 0 Å². The van der Waals surface area contributed by atoms with Gasteiger partial charge >= 0.3 is 0 Å². The topological polar surface area (TPSA) is 75.9 Å². The maximum atomic E-state index is 13.8. The van der Waals surface area contributed by atoms with E-state index in [9.17, 15) is 9.18 Å². The summed E-state index contributed by atoms with van der Waals surface area (Å²) in [5, 5.41) is 9.20. The molecule has 0 spiro atoms. The van der Waals surface area contributed by atoms with E-state index in [0.717, 1.165) is 5.69 Å². The van der Waals surface area contributed by atoms with Crippen LogP contribution in [-0.2, 0) is 5.75 Å². The first kappa shape index (κ1) is 16.0. The Morgan fingerprint density at radius 2 is 2.16 bits per heavy atom. The molecule has 6 nitrogen and oxygen atoms in total. The number of hydrogen-bond donors (Lipinski definition) is 1. The third kappa shape index (κ3) is 3.08. The van der Waals surface area contributed by atoms with Gasteiger partial charge in [-0.05, 0) is 19.1 Å². The van der Waals surface area contributed by atoms with E-state index >= 15 is 0 Å². The molecule has 1 N–H and O–H groups in total. The first-order valence-electron chi connectivity index (χ1n) is 7.39. The fraction of sp³-hybridized carbons (Fsp3) is 0.125. The molecule has 4 rings (SSSR count). The van der Waals surface area contributed by atoms with Gasteiger partial charge in [-0.3, -0.25) is 14.3 Å². The molecule has 0 bridgehead atoms. The van der Waals surface area contributed by atoms with Crippen LogP contribution in [0, 0.1) is 12.7 Å². The first-order valence-corrected chi connectivity index (χ1v) is 9.25. The van der Waals surface area contributed by atoms with Crippen LogP contribution in [0.2, 0.25) is 0 Å². The maximum Gasteiger partial charge on any atom is 0.258 e. The van der Waals surface area contributed by atoms with Crippen molar-refractivity contribution < 1.29 is 4.39 Å². The van der Waals surface area contributed by atoms with Crippen LogP contribution < -0.4 is 5.56 Å². The number of fused-ring (bicyclic) bond motifs is 1. The van der Waals surface area contributed by atoms with Crippen LogP contribution >= 0.6 is 23.1 Å². The lowest BCUT2D eigenvalue weighted by molar-refractivity contribution is 0.630. The van der Waals surface area contributed by atoms with Crippen LogP contribution in [0.1, 0.15) is 11.4 Å². The molecule has 0 unspecified atom stereocenters. The van der Waals surface area contributed by atoms with Gasteiger partial charge in [-0.25, -0.2) is 14.4 Å². The molecule has 0 aliphatic rings. The number of thioether (sulfide) groups is 1. The van der Waals surface area contributed by atoms with Gasteiger partial charge in [0.15, 0.2) is 10.8 Å². The van der Waals surface area contributed by atoms with Crippen LogP contribution in [0.25, 0.3) is 16.3 Å². The number of aromatic amines is 1. The van der Waals surface area contributed by atoms with Gasteiger partial charge in [0.2, 0.25) is 5.16 Å². The van der Waals surface area contributed by atoms with Crippen molar-refractivity contribution in [1.82, 2.24) is 24.6 Å². The molecule has 0 aliphatic carbocycles. The molecule has 0 saturated carbocycles. The zero-order valence-corrected chi connectivity index (χ0v) is 14.7. The van der Waals surface area contributed by atoms with Crippen LogP contribution in [-0.4, -0.2) is 24.6 Å². The fourth-order valence-electron chi connectivity index (χ4n) is 2.40. The zero-order valence-electron chi connectivity index (χ0n) is 13.1. The standard InChI is InChI=1S/C16H12FN5OS2/c1-9-7-25-16-18-10(6-13(23)22(9)16)8-24-15-19-14(20-21-15)11-4-2-3-5-12(11)17/h2-7H,8H2,1H3,(H,19,20,21). The van der Waals surface area contributed by atoms with Gasteiger partial charge in [0, 0.05) is 22.9 Å². The van der Waals surface area contributed by atoms with E-state index in [4.69, 9.17) is 0 Å². The Hall–Kier alpha value is -2.52. The van der Waals surface area contributed by atoms with E-state index in [1.165, 1.54) is 35.2 Å². The Kier molecular flexibility index (Phi) is 4.10. The average Bonchev–Trinajstić information content (AvgIpc) is 3.21. The molecule has 3 heterocycles. The summed E-state index contributed by atoms with van der Waals surface area (Å²) in [7, 11) is 0. The van der Waals surface area contributed by atoms with Crippen molar-refractivity contribution in [3.63, 3.8) is 0 Å². The highest BCUT2D eigenvalue weighted by atomic mass is 32.2. The quantitative estimate of drug-likeness (QED) is 0.556. The van der Waals surface area contributed by atoms with E-state index in [1.807, 2.05) is 12.3 Å². The molecular weight excluding hydrogens is 361 g/mol. The molecule has 1 aromatic carbocycles. The largest absolute Gasteiger partial charge is 0.269 e. The Morgan fingerprint density at radius 1 is 1.32 bits per heavy atom. The number of nitrogens with zero attached hydrogens (tertiary/aromatic N) is 4. The summed E-state index contributed by atoms with van der Waals surface area (Å²) in [6.07, 6.45) is 0. The molecule has 3 aromatic heterocycles. The fourth-order valence-corrected chi connectivity index (χ4v) is 3.98. The lowest BCUT2D eigenvalue weighted by atomic mass is 10.2. The molecular formula is C16H12FN5OS2. The van der Waals surface area contributed by atoms with Crippen LogP contribution in [0.5, 0.6) is 0 Å². The molecule has 0 aliphatic heterocycles. The zero-order chi connectivity index (χ0) is 17.4. The van der Waals surface area contributed by atoms with Gasteiger partial charge in [0.05, 0.1) is 11.3 Å². The van der Waals surface area contributed by atoms with Gasteiger partial charge in [0.25, 0.3) is 5.56 Å². The monoisotopic (exact) mass is 373 g/mol. The highest BCUT2D eigenvalue weighted by molar-refractivity contribution is 7.98. The van der Waals surface area contributed by atoms with Crippen LogP contribution in [0.15, 0.2) is 45.7 Å². The van der Waals surface area contributed by atoms with Crippen molar-refractivity contribution in [1.29, 1.82) is 0 Å². The molecule has 0 fully saturated rings. The number of H-pyrrole nitrogens is 1. The average molecular weight is 373 g/mol. The molecule has 126 valence electrons. The number of hydrogen-bond acceptors (Lipinski definition) is 6. The van der Waals surface area contributed by atoms with E-state index in [1.54, 1.807) is 22.6 Å². The smallest absolute Gasteiger partial charge is 0.258 e. The van der Waals surface area contributed by atoms with Crippen molar-refractivity contribution in [2.24, 2.45) is 0 Å². The Morgan fingerprint density at radius 3 is 3.00 bits per heavy atom. The summed E-state index contributed by atoms with van der Waals surface area (Å²) >= 11 is 2.77. The van der Waals surface area contributed by atoms with Crippen molar-refractivity contribution in [3.8, 4) is 11.4 Å². The minimum absolute atomic E-state index is 0.0959. The maximum absolute atomic E-state index is 13.8. The van der Waals surface area contributed by atoms with Gasteiger partial charge in [0.1, 0.15) is 5.82 Å². The number of benzene rings is 1. The third-order valence-electron chi connectivity index (χ3n) is 3.57. The summed E-state index contributed by atoms with van der Waals surface area (Å²) < 4.78 is 15.4. The van der Waals surface area contributed by atoms with Crippen LogP contribution in [0.4, 0.5) is 4.39 Å². The Balaban J connectivity index is 1.54. The predicted octanol–water partition coefficient (Wildman–Crippen LogP) is 3.28. The third-order valence-corrected chi connectivity index (χ3v) is 5.40. The minimum atomic E-state index is -0.358. The number of halogens is 1. The summed E-state index contributed by atoms with van der Waals surface area (Å²) in [6.45, 7) is 1.87. The van der Waals surface area contributed by atoms with Crippen LogP contribution in [0.3, 0.4) is 0 Å². The lowest BCUT2D eigenvalue weighted by Crippen LogP contribution is -2.14. The van der Waals surface area contributed by atoms with Crippen molar-refractivity contribution >= 4 is 28.1 Å². The Bertz CT molecular complexity index is 1120. The second kappa shape index (κ2) is 6.41. The second-order valence-electron chi connectivity index (χ2n) is 5.32. The summed E-state index contributed by atoms with van der Waals surface area (Å²) in [4.78, 5) is 21.6. The van der Waals surface area contributed by atoms with Gasteiger partial charge in [-0.1, -0.05) is 23.9 Å². The number of aryl methyl sites for hydroxylation is 1. The number of nitrogens with one attached hydrogen (secondary N) is 1. The van der Waals surface area contributed by atoms with Crippen molar-refractivity contribution in [2.45, 2.75) is 17.8 Å². The highest BCUT2D eigenvalue weighted by Gasteiger charge is 2.11. The van der Waals surface area contributed by atoms with E-state index in [0.29, 0.717) is 33.0 Å². The molecule has 9 heteroatoms. The molecule has 0 radical (unpaired) electrons. The first-order chi connectivity index (χ1) is 12.1. The molecule has 4 aromatic rings. The van der Waals surface area contributed by atoms with Crippen molar-refractivity contribution in [3.05, 3.63) is 63.3 Å². The molecule has 0 atom stereocenters. The molecule has 0 amide bonds. The highest BCUT2D eigenvalue weighted by Crippen LogP contribution is 2.23. The number of aromatic nitrogens is 5. The van der Waals surface area contributed by atoms with E-state index in [2.05, 4.69) is 20.2 Å². The van der Waals surface area contributed by atoms with E-state index < -0.39 is 0 Å². The second-order valence-corrected chi connectivity index (χ2v) is 7.09. The Labute approximate surface area is 149 Å². The molecule has 0 saturated heterocycles. The van der Waals surface area contributed by atoms with Gasteiger partial charge < -0.3 is 0 Å². The summed E-state index contributed by atoms with van der Waals surface area (Å²) in [5.41, 5.74) is 1.81. The van der Waals surface area contributed by atoms with E-state index in [-0.39, 0.29) is 11.4 Å². The normalized spacial score (nSPS) is 11.3. The number of rotatable bonds is 4. The predicted molar refractivity (Wildman–Crippen MR) is 95.4 cm³/mol. The summed E-state index contributed by atoms with van der Waals surface area (Å²) in [5.74, 6) is 0.471. The lowest BCUT2D eigenvalue weighted by Gasteiger charge is -2.00. The van der Waals surface area contributed by atoms with Gasteiger partial charge in [-0.2, -0.15) is 0 Å². The SMILES string of the molecule is Cc1csc2nc(CSc3n[nH]c(-c4ccccc4F)n3)cc(=O)n12.